The van der Waals surface area contributed by atoms with E-state index in [2.05, 4.69) is 15.2 Å². The molecule has 1 saturated heterocycles. The molecule has 7 heteroatoms. The molecule has 2 aliphatic rings. The highest BCUT2D eigenvalue weighted by Gasteiger charge is 2.29. The molecule has 0 bridgehead atoms. The van der Waals surface area contributed by atoms with Gasteiger partial charge in [-0.25, -0.2) is 9.98 Å². The van der Waals surface area contributed by atoms with E-state index in [1.54, 1.807) is 25.1 Å². The number of benzene rings is 1. The zero-order valence-corrected chi connectivity index (χ0v) is 14.1. The summed E-state index contributed by atoms with van der Waals surface area (Å²) in [4.78, 5) is 24.0. The number of para-hydroxylation sites is 1. The van der Waals surface area contributed by atoms with Gasteiger partial charge in [0.2, 0.25) is 11.9 Å². The number of aryl methyl sites for hydroxylation is 1. The van der Waals surface area contributed by atoms with Crippen LogP contribution in [-0.2, 0) is 0 Å². The summed E-state index contributed by atoms with van der Waals surface area (Å²) in [5.74, 6) is 1.30. The maximum absolute atomic E-state index is 12.6. The number of aromatic nitrogens is 2. The van der Waals surface area contributed by atoms with E-state index in [4.69, 9.17) is 4.99 Å². The van der Waals surface area contributed by atoms with Gasteiger partial charge in [-0.3, -0.25) is 14.7 Å². The molecule has 1 aromatic heterocycles. The predicted molar refractivity (Wildman–Crippen MR) is 96.0 cm³/mol. The molecular weight excluding hydrogens is 318 g/mol. The number of likely N-dealkylation sites (tertiary alicyclic amines) is 1. The van der Waals surface area contributed by atoms with Gasteiger partial charge in [0.15, 0.2) is 6.17 Å². The number of nitrogens with one attached hydrogen (secondary N) is 1. The molecule has 3 heterocycles. The molecule has 0 aliphatic carbocycles. The molecule has 2 N–H and O–H groups in total. The molecule has 130 valence electrons. The average Bonchev–Trinajstić information content (AvgIpc) is 2.61. The number of aromatic hydroxyl groups is 1. The lowest BCUT2D eigenvalue weighted by atomic mass is 10.1. The van der Waals surface area contributed by atoms with E-state index in [9.17, 15) is 9.90 Å². The molecule has 1 aromatic carbocycles. The smallest absolute Gasteiger partial charge is 0.257 e. The van der Waals surface area contributed by atoms with Crippen molar-refractivity contribution in [2.45, 2.75) is 32.4 Å². The number of nitrogens with zero attached hydrogens (tertiary/aromatic N) is 4. The Morgan fingerprint density at radius 1 is 1.20 bits per heavy atom. The van der Waals surface area contributed by atoms with E-state index in [-0.39, 0.29) is 11.3 Å². The Kier molecular flexibility index (Phi) is 3.91. The molecule has 1 atom stereocenters. The number of piperidine rings is 1. The third-order valence-electron chi connectivity index (χ3n) is 4.66. The number of aliphatic imine (C=N–C) groups is 1. The summed E-state index contributed by atoms with van der Waals surface area (Å²) in [5.41, 5.74) is 1.05. The SMILES string of the molecule is Cc1cc(=O)n2c(n1)NC(N1CCCCC1)=N[C@@H]2c1ccccc1O. The highest BCUT2D eigenvalue weighted by atomic mass is 16.3. The van der Waals surface area contributed by atoms with Gasteiger partial charge in [-0.1, -0.05) is 18.2 Å². The first kappa shape index (κ1) is 15.7. The Hall–Kier alpha value is -2.83. The Labute approximate surface area is 145 Å². The van der Waals surface area contributed by atoms with Crippen molar-refractivity contribution in [2.24, 2.45) is 4.99 Å². The second-order valence-electron chi connectivity index (χ2n) is 6.49. The van der Waals surface area contributed by atoms with Gasteiger partial charge in [0.25, 0.3) is 5.56 Å². The lowest BCUT2D eigenvalue weighted by Gasteiger charge is -2.34. The highest BCUT2D eigenvalue weighted by molar-refractivity contribution is 5.93. The fourth-order valence-electron chi connectivity index (χ4n) is 3.42. The van der Waals surface area contributed by atoms with Gasteiger partial charge in [-0.15, -0.1) is 0 Å². The van der Waals surface area contributed by atoms with Crippen molar-refractivity contribution in [2.75, 3.05) is 18.4 Å². The minimum Gasteiger partial charge on any atom is -0.508 e. The van der Waals surface area contributed by atoms with Crippen molar-refractivity contribution < 1.29 is 5.11 Å². The number of anilines is 1. The van der Waals surface area contributed by atoms with Crippen LogP contribution in [0.5, 0.6) is 5.75 Å². The van der Waals surface area contributed by atoms with Crippen molar-refractivity contribution in [1.82, 2.24) is 14.5 Å². The molecular formula is C18H21N5O2. The summed E-state index contributed by atoms with van der Waals surface area (Å²) >= 11 is 0. The Morgan fingerprint density at radius 2 is 1.96 bits per heavy atom. The molecule has 1 fully saturated rings. The van der Waals surface area contributed by atoms with Crippen LogP contribution in [0.15, 0.2) is 40.1 Å². The van der Waals surface area contributed by atoms with Gasteiger partial charge >= 0.3 is 0 Å². The second kappa shape index (κ2) is 6.23. The van der Waals surface area contributed by atoms with Crippen LogP contribution in [0.2, 0.25) is 0 Å². The van der Waals surface area contributed by atoms with Crippen LogP contribution in [0.25, 0.3) is 0 Å². The first-order valence-electron chi connectivity index (χ1n) is 8.61. The number of phenols is 1. The number of fused-ring (bicyclic) bond motifs is 1. The van der Waals surface area contributed by atoms with Crippen LogP contribution >= 0.6 is 0 Å². The Morgan fingerprint density at radius 3 is 2.72 bits per heavy atom. The maximum atomic E-state index is 12.6. The van der Waals surface area contributed by atoms with Crippen molar-refractivity contribution in [3.05, 3.63) is 51.9 Å². The lowest BCUT2D eigenvalue weighted by Crippen LogP contribution is -2.45. The van der Waals surface area contributed by atoms with E-state index in [0.717, 1.165) is 25.9 Å². The van der Waals surface area contributed by atoms with Crippen LogP contribution in [0.3, 0.4) is 0 Å². The molecule has 7 nitrogen and oxygen atoms in total. The molecule has 0 unspecified atom stereocenters. The van der Waals surface area contributed by atoms with Crippen LogP contribution in [-0.4, -0.2) is 38.6 Å². The number of hydrogen-bond donors (Lipinski definition) is 2. The fourth-order valence-corrected chi connectivity index (χ4v) is 3.42. The Bertz CT molecular complexity index is 883. The van der Waals surface area contributed by atoms with Gasteiger partial charge in [0.1, 0.15) is 5.75 Å². The second-order valence-corrected chi connectivity index (χ2v) is 6.49. The first-order chi connectivity index (χ1) is 12.1. The van der Waals surface area contributed by atoms with Crippen LogP contribution in [0, 0.1) is 6.92 Å². The topological polar surface area (TPSA) is 82.8 Å². The number of rotatable bonds is 1. The third kappa shape index (κ3) is 2.86. The molecule has 2 aromatic rings. The number of hydrogen-bond acceptors (Lipinski definition) is 6. The molecule has 4 rings (SSSR count). The Balaban J connectivity index is 1.85. The monoisotopic (exact) mass is 339 g/mol. The summed E-state index contributed by atoms with van der Waals surface area (Å²) in [6, 6.07) is 8.48. The zero-order valence-electron chi connectivity index (χ0n) is 14.1. The summed E-state index contributed by atoms with van der Waals surface area (Å²) in [5, 5.41) is 13.5. The van der Waals surface area contributed by atoms with Crippen molar-refractivity contribution in [3.63, 3.8) is 0 Å². The van der Waals surface area contributed by atoms with Gasteiger partial charge in [-0.05, 0) is 32.3 Å². The highest BCUT2D eigenvalue weighted by Crippen LogP contribution is 2.31. The molecule has 25 heavy (non-hydrogen) atoms. The zero-order chi connectivity index (χ0) is 17.4. The summed E-state index contributed by atoms with van der Waals surface area (Å²) in [6.07, 6.45) is 2.83. The van der Waals surface area contributed by atoms with E-state index >= 15 is 0 Å². The quantitative estimate of drug-likeness (QED) is 0.831. The molecule has 0 radical (unpaired) electrons. The minimum absolute atomic E-state index is 0.120. The van der Waals surface area contributed by atoms with Crippen LogP contribution < -0.4 is 10.9 Å². The summed E-state index contributed by atoms with van der Waals surface area (Å²) in [7, 11) is 0. The molecule has 0 spiro atoms. The number of phenolic OH excluding ortho intramolecular Hbond substituents is 1. The standard InChI is InChI=1S/C18H21N5O2/c1-12-11-15(25)23-16(13-7-3-4-8-14(13)24)20-17(21-18(23)19-12)22-9-5-2-6-10-22/h3-4,7-8,11,16,24H,2,5-6,9-10H2,1H3,(H,19,20,21)/t16-/m0/s1. The summed E-state index contributed by atoms with van der Waals surface area (Å²) in [6.45, 7) is 3.65. The first-order valence-corrected chi connectivity index (χ1v) is 8.61. The van der Waals surface area contributed by atoms with E-state index in [1.165, 1.54) is 17.1 Å². The van der Waals surface area contributed by atoms with E-state index in [1.807, 2.05) is 6.07 Å². The predicted octanol–water partition coefficient (Wildman–Crippen LogP) is 2.07. The van der Waals surface area contributed by atoms with Gasteiger partial charge < -0.3 is 10.0 Å². The van der Waals surface area contributed by atoms with Gasteiger partial charge in [-0.2, -0.15) is 0 Å². The van der Waals surface area contributed by atoms with Crippen molar-refractivity contribution in [1.29, 1.82) is 0 Å². The summed E-state index contributed by atoms with van der Waals surface area (Å²) < 4.78 is 1.50. The minimum atomic E-state index is -0.630. The number of guanidine groups is 1. The van der Waals surface area contributed by atoms with Crippen molar-refractivity contribution >= 4 is 11.9 Å². The normalized spacial score (nSPS) is 19.8. The van der Waals surface area contributed by atoms with Crippen LogP contribution in [0.4, 0.5) is 5.95 Å². The molecule has 0 saturated carbocycles. The molecule has 2 aliphatic heterocycles. The van der Waals surface area contributed by atoms with E-state index in [0.29, 0.717) is 23.2 Å². The largest absolute Gasteiger partial charge is 0.508 e. The fraction of sp³-hybridized carbons (Fsp3) is 0.389. The van der Waals surface area contributed by atoms with Crippen molar-refractivity contribution in [3.8, 4) is 5.75 Å². The average molecular weight is 339 g/mol. The van der Waals surface area contributed by atoms with E-state index < -0.39 is 6.17 Å². The van der Waals surface area contributed by atoms with Gasteiger partial charge in [0, 0.05) is 30.4 Å². The van der Waals surface area contributed by atoms with Crippen LogP contribution in [0.1, 0.15) is 36.7 Å². The lowest BCUT2D eigenvalue weighted by molar-refractivity contribution is 0.335. The van der Waals surface area contributed by atoms with Gasteiger partial charge in [0.05, 0.1) is 0 Å². The third-order valence-corrected chi connectivity index (χ3v) is 4.66. The molecule has 0 amide bonds. The maximum Gasteiger partial charge on any atom is 0.257 e.